The van der Waals surface area contributed by atoms with Gasteiger partial charge in [0, 0.05) is 38.3 Å². The predicted octanol–water partition coefficient (Wildman–Crippen LogP) is 2.57. The van der Waals surface area contributed by atoms with Gasteiger partial charge in [-0.15, -0.1) is 0 Å². The van der Waals surface area contributed by atoms with Crippen LogP contribution in [0.15, 0.2) is 47.4 Å². The molecule has 2 aromatic rings. The molecule has 0 saturated carbocycles. The van der Waals surface area contributed by atoms with Crippen LogP contribution in [-0.2, 0) is 19.6 Å². The van der Waals surface area contributed by atoms with Gasteiger partial charge in [-0.3, -0.25) is 9.59 Å². The van der Waals surface area contributed by atoms with E-state index in [-0.39, 0.29) is 29.8 Å². The molecule has 1 fully saturated rings. The highest BCUT2D eigenvalue weighted by Crippen LogP contribution is 2.35. The topological polar surface area (TPSA) is 96.0 Å². The second-order valence-electron chi connectivity index (χ2n) is 8.34. The predicted molar refractivity (Wildman–Crippen MR) is 125 cm³/mol. The number of sulfonamides is 1. The number of piperazine rings is 1. The lowest BCUT2D eigenvalue weighted by molar-refractivity contribution is -0.127. The normalized spacial score (nSPS) is 19.2. The molecule has 2 heterocycles. The van der Waals surface area contributed by atoms with Crippen molar-refractivity contribution in [3.8, 4) is 5.75 Å². The van der Waals surface area contributed by atoms with E-state index in [1.165, 1.54) is 16.4 Å². The first-order valence-electron chi connectivity index (χ1n) is 10.8. The average Bonchev–Trinajstić information content (AvgIpc) is 2.79. The Hall–Kier alpha value is -3.17. The molecule has 0 unspecified atom stereocenters. The fourth-order valence-electron chi connectivity index (χ4n) is 3.86. The van der Waals surface area contributed by atoms with E-state index in [1.54, 1.807) is 30.9 Å². The lowest BCUT2D eigenvalue weighted by Gasteiger charge is -2.34. The summed E-state index contributed by atoms with van der Waals surface area (Å²) < 4.78 is 33.6. The Morgan fingerprint density at radius 1 is 1.09 bits per heavy atom. The standard InChI is InChI=1S/C24H27N3O5S/c1-16-4-6-19(7-5-16)8-9-23(28)26-10-12-27(13-11-26)33(30,31)22-15-21-20(14-17(22)2)25-24(29)18(3)32-21/h4-9,14-15,18H,10-13H2,1-3H3,(H,25,29)/b9-8+/t18-/m0/s1. The van der Waals surface area contributed by atoms with Gasteiger partial charge in [0.2, 0.25) is 15.9 Å². The van der Waals surface area contributed by atoms with Gasteiger partial charge in [-0.05, 0) is 44.0 Å². The van der Waals surface area contributed by atoms with Crippen molar-refractivity contribution < 1.29 is 22.7 Å². The van der Waals surface area contributed by atoms with E-state index < -0.39 is 16.1 Å². The Balaban J connectivity index is 1.44. The quantitative estimate of drug-likeness (QED) is 0.695. The highest BCUT2D eigenvalue weighted by Gasteiger charge is 2.33. The van der Waals surface area contributed by atoms with Crippen LogP contribution in [0.5, 0.6) is 5.75 Å². The van der Waals surface area contributed by atoms with Crippen molar-refractivity contribution in [1.29, 1.82) is 0 Å². The molecule has 0 spiro atoms. The summed E-state index contributed by atoms with van der Waals surface area (Å²) in [4.78, 5) is 26.2. The van der Waals surface area contributed by atoms with Crippen LogP contribution in [-0.4, -0.2) is 61.7 Å². The molecule has 9 heteroatoms. The van der Waals surface area contributed by atoms with E-state index in [4.69, 9.17) is 4.74 Å². The molecule has 0 aromatic heterocycles. The number of nitrogens with one attached hydrogen (secondary N) is 1. The van der Waals surface area contributed by atoms with E-state index in [0.29, 0.717) is 30.1 Å². The first-order valence-corrected chi connectivity index (χ1v) is 12.2. The van der Waals surface area contributed by atoms with Gasteiger partial charge in [-0.1, -0.05) is 29.8 Å². The fourth-order valence-corrected chi connectivity index (χ4v) is 5.50. The molecule has 2 aliphatic rings. The van der Waals surface area contributed by atoms with Crippen LogP contribution in [0.2, 0.25) is 0 Å². The van der Waals surface area contributed by atoms with Gasteiger partial charge in [0.15, 0.2) is 6.10 Å². The van der Waals surface area contributed by atoms with Crippen LogP contribution in [0.25, 0.3) is 6.08 Å². The van der Waals surface area contributed by atoms with Gasteiger partial charge in [0.1, 0.15) is 5.75 Å². The second kappa shape index (κ2) is 8.99. The van der Waals surface area contributed by atoms with Crippen molar-refractivity contribution in [2.24, 2.45) is 0 Å². The molecule has 0 aliphatic carbocycles. The zero-order valence-corrected chi connectivity index (χ0v) is 19.7. The van der Waals surface area contributed by atoms with E-state index in [1.807, 2.05) is 31.2 Å². The summed E-state index contributed by atoms with van der Waals surface area (Å²) in [6.45, 7) is 6.33. The van der Waals surface area contributed by atoms with Crippen molar-refractivity contribution in [1.82, 2.24) is 9.21 Å². The van der Waals surface area contributed by atoms with Gasteiger partial charge in [0.25, 0.3) is 5.91 Å². The molecule has 1 atom stereocenters. The molecule has 2 aromatic carbocycles. The molecule has 0 bridgehead atoms. The largest absolute Gasteiger partial charge is 0.479 e. The summed E-state index contributed by atoms with van der Waals surface area (Å²) >= 11 is 0. The van der Waals surface area contributed by atoms with Gasteiger partial charge in [0.05, 0.1) is 10.6 Å². The average molecular weight is 470 g/mol. The number of anilines is 1. The second-order valence-corrected chi connectivity index (χ2v) is 10.2. The van der Waals surface area contributed by atoms with Crippen LogP contribution in [0, 0.1) is 13.8 Å². The molecule has 2 aliphatic heterocycles. The lowest BCUT2D eigenvalue weighted by Crippen LogP contribution is -2.50. The number of benzene rings is 2. The smallest absolute Gasteiger partial charge is 0.265 e. The van der Waals surface area contributed by atoms with Crippen molar-refractivity contribution in [2.45, 2.75) is 31.8 Å². The summed E-state index contributed by atoms with van der Waals surface area (Å²) in [7, 11) is -3.78. The van der Waals surface area contributed by atoms with Crippen molar-refractivity contribution >= 4 is 33.6 Å². The fraction of sp³-hybridized carbons (Fsp3) is 0.333. The molecule has 1 N–H and O–H groups in total. The van der Waals surface area contributed by atoms with E-state index in [0.717, 1.165) is 11.1 Å². The maximum Gasteiger partial charge on any atom is 0.265 e. The minimum absolute atomic E-state index is 0.142. The van der Waals surface area contributed by atoms with Crippen LogP contribution in [0.3, 0.4) is 0 Å². The van der Waals surface area contributed by atoms with Gasteiger partial charge < -0.3 is 15.0 Å². The number of nitrogens with zero attached hydrogens (tertiary/aromatic N) is 2. The number of hydrogen-bond acceptors (Lipinski definition) is 5. The van der Waals surface area contributed by atoms with E-state index in [9.17, 15) is 18.0 Å². The maximum absolute atomic E-state index is 13.3. The Labute approximate surface area is 193 Å². The molecule has 33 heavy (non-hydrogen) atoms. The number of rotatable bonds is 4. The monoisotopic (exact) mass is 469 g/mol. The first kappa shape index (κ1) is 23.0. The Morgan fingerprint density at radius 2 is 1.76 bits per heavy atom. The molecule has 1 saturated heterocycles. The van der Waals surface area contributed by atoms with Crippen LogP contribution in [0.4, 0.5) is 5.69 Å². The minimum Gasteiger partial charge on any atom is -0.479 e. The van der Waals surface area contributed by atoms with Crippen molar-refractivity contribution in [3.63, 3.8) is 0 Å². The molecular weight excluding hydrogens is 442 g/mol. The molecule has 0 radical (unpaired) electrons. The molecule has 8 nitrogen and oxygen atoms in total. The third kappa shape index (κ3) is 4.79. The summed E-state index contributed by atoms with van der Waals surface area (Å²) in [6, 6.07) is 10.9. The van der Waals surface area contributed by atoms with Crippen molar-refractivity contribution in [3.05, 3.63) is 59.2 Å². The van der Waals surface area contributed by atoms with Gasteiger partial charge in [-0.25, -0.2) is 8.42 Å². The summed E-state index contributed by atoms with van der Waals surface area (Å²) in [5.41, 5.74) is 3.07. The Bertz CT molecular complexity index is 1210. The molecular formula is C24H27N3O5S. The number of carbonyl (C=O) groups is 2. The SMILES string of the molecule is Cc1ccc(/C=C/C(=O)N2CCN(S(=O)(=O)c3cc4c(cc3C)NC(=O)[C@H](C)O4)CC2)cc1. The summed E-state index contributed by atoms with van der Waals surface area (Å²) in [5.74, 6) is -0.0771. The van der Waals surface area contributed by atoms with Gasteiger partial charge >= 0.3 is 0 Å². The van der Waals surface area contributed by atoms with E-state index in [2.05, 4.69) is 5.32 Å². The summed E-state index contributed by atoms with van der Waals surface area (Å²) in [5, 5.41) is 2.73. The van der Waals surface area contributed by atoms with Crippen LogP contribution >= 0.6 is 0 Å². The number of hydrogen-bond donors (Lipinski definition) is 1. The first-order chi connectivity index (χ1) is 15.6. The lowest BCUT2D eigenvalue weighted by atomic mass is 10.1. The third-order valence-electron chi connectivity index (χ3n) is 5.87. The minimum atomic E-state index is -3.78. The third-order valence-corrected chi connectivity index (χ3v) is 7.91. The number of carbonyl (C=O) groups excluding carboxylic acids is 2. The zero-order valence-electron chi connectivity index (χ0n) is 18.9. The number of fused-ring (bicyclic) bond motifs is 1. The number of amides is 2. The molecule has 2 amide bonds. The highest BCUT2D eigenvalue weighted by atomic mass is 32.2. The zero-order chi connectivity index (χ0) is 23.8. The van der Waals surface area contributed by atoms with Crippen LogP contribution < -0.4 is 10.1 Å². The van der Waals surface area contributed by atoms with E-state index >= 15 is 0 Å². The number of ether oxygens (including phenoxy) is 1. The molecule has 174 valence electrons. The summed E-state index contributed by atoms with van der Waals surface area (Å²) in [6.07, 6.45) is 2.59. The highest BCUT2D eigenvalue weighted by molar-refractivity contribution is 7.89. The number of aryl methyl sites for hydroxylation is 2. The molecule has 4 rings (SSSR count). The maximum atomic E-state index is 13.3. The Kier molecular flexibility index (Phi) is 6.27. The Morgan fingerprint density at radius 3 is 2.42 bits per heavy atom. The van der Waals surface area contributed by atoms with Crippen molar-refractivity contribution in [2.75, 3.05) is 31.5 Å². The van der Waals surface area contributed by atoms with Gasteiger partial charge in [-0.2, -0.15) is 4.31 Å². The van der Waals surface area contributed by atoms with Crippen LogP contribution in [0.1, 0.15) is 23.6 Å².